The molecule has 1 N–H and O–H groups in total. The third-order valence-corrected chi connectivity index (χ3v) is 7.03. The standard InChI is InChI=1S/C32H30N2O3/c1-22(2)21-34(20-19-33-23-11-4-3-5-12-23)27-16-10-18-29-30(27)32(26-15-8-9-17-28(26)36-29)25-14-7-6-13-24(25)31(35)37-32/h3-18,22,33H,19-21H2,1-2H3. The predicted molar refractivity (Wildman–Crippen MR) is 147 cm³/mol. The van der Waals surface area contributed by atoms with Crippen LogP contribution in [0.2, 0.25) is 0 Å². The van der Waals surface area contributed by atoms with Gasteiger partial charge in [-0.2, -0.15) is 0 Å². The lowest BCUT2D eigenvalue weighted by Gasteiger charge is -2.40. The molecular weight excluding hydrogens is 460 g/mol. The van der Waals surface area contributed by atoms with Crippen molar-refractivity contribution in [1.29, 1.82) is 0 Å². The number of hydrogen-bond donors (Lipinski definition) is 1. The average molecular weight is 491 g/mol. The quantitative estimate of drug-likeness (QED) is 0.288. The Morgan fingerprint density at radius 1 is 0.811 bits per heavy atom. The van der Waals surface area contributed by atoms with Gasteiger partial charge in [-0.05, 0) is 42.3 Å². The highest BCUT2D eigenvalue weighted by Crippen LogP contribution is 2.58. The van der Waals surface area contributed by atoms with Crippen LogP contribution in [0.3, 0.4) is 0 Å². The van der Waals surface area contributed by atoms with Gasteiger partial charge in [0, 0.05) is 42.1 Å². The minimum absolute atomic E-state index is 0.311. The highest BCUT2D eigenvalue weighted by atomic mass is 16.6. The first-order valence-electron chi connectivity index (χ1n) is 12.9. The summed E-state index contributed by atoms with van der Waals surface area (Å²) in [5.74, 6) is 1.54. The van der Waals surface area contributed by atoms with Gasteiger partial charge in [0.15, 0.2) is 5.60 Å². The number of rotatable bonds is 7. The van der Waals surface area contributed by atoms with Crippen molar-refractivity contribution in [3.8, 4) is 11.5 Å². The molecule has 0 radical (unpaired) electrons. The van der Waals surface area contributed by atoms with E-state index in [0.29, 0.717) is 23.0 Å². The zero-order valence-electron chi connectivity index (χ0n) is 21.1. The number of esters is 1. The van der Waals surface area contributed by atoms with Crippen LogP contribution in [-0.4, -0.2) is 25.6 Å². The molecule has 5 nitrogen and oxygen atoms in total. The van der Waals surface area contributed by atoms with Gasteiger partial charge in [0.2, 0.25) is 0 Å². The maximum absolute atomic E-state index is 13.3. The summed E-state index contributed by atoms with van der Waals surface area (Å²) in [5, 5.41) is 3.54. The van der Waals surface area contributed by atoms with Gasteiger partial charge in [-0.1, -0.05) is 74.5 Å². The summed E-state index contributed by atoms with van der Waals surface area (Å²) < 4.78 is 12.9. The molecule has 0 saturated heterocycles. The largest absolute Gasteiger partial charge is 0.456 e. The first-order chi connectivity index (χ1) is 18.1. The van der Waals surface area contributed by atoms with Crippen molar-refractivity contribution in [1.82, 2.24) is 0 Å². The van der Waals surface area contributed by atoms with Gasteiger partial charge in [-0.15, -0.1) is 0 Å². The number of benzene rings is 4. The van der Waals surface area contributed by atoms with Gasteiger partial charge in [0.25, 0.3) is 0 Å². The van der Waals surface area contributed by atoms with Gasteiger partial charge in [-0.3, -0.25) is 0 Å². The molecule has 0 aromatic heterocycles. The fraction of sp³-hybridized carbons (Fsp3) is 0.219. The smallest absolute Gasteiger partial charge is 0.340 e. The molecule has 0 bridgehead atoms. The van der Waals surface area contributed by atoms with Crippen LogP contribution in [0.4, 0.5) is 11.4 Å². The Hall–Kier alpha value is -4.25. The Labute approximate surface area is 217 Å². The van der Waals surface area contributed by atoms with Gasteiger partial charge in [-0.25, -0.2) is 4.79 Å². The first kappa shape index (κ1) is 23.2. The third kappa shape index (κ3) is 3.91. The second kappa shape index (κ2) is 9.32. The predicted octanol–water partition coefficient (Wildman–Crippen LogP) is 6.83. The summed E-state index contributed by atoms with van der Waals surface area (Å²) in [6.07, 6.45) is 0. The summed E-state index contributed by atoms with van der Waals surface area (Å²) >= 11 is 0. The molecule has 0 aliphatic carbocycles. The Bertz CT molecular complexity index is 1450. The fourth-order valence-electron chi connectivity index (χ4n) is 5.57. The normalized spacial score (nSPS) is 17.0. The molecule has 1 spiro atoms. The summed E-state index contributed by atoms with van der Waals surface area (Å²) in [6.45, 7) is 6.83. The second-order valence-electron chi connectivity index (χ2n) is 10.00. The van der Waals surface area contributed by atoms with Crippen LogP contribution < -0.4 is 15.0 Å². The van der Waals surface area contributed by atoms with E-state index in [4.69, 9.17) is 9.47 Å². The van der Waals surface area contributed by atoms with E-state index in [1.165, 1.54) is 0 Å². The van der Waals surface area contributed by atoms with Crippen LogP contribution in [0.5, 0.6) is 11.5 Å². The highest BCUT2D eigenvalue weighted by Gasteiger charge is 2.54. The molecule has 4 aromatic carbocycles. The average Bonchev–Trinajstić information content (AvgIpc) is 3.21. The molecule has 2 aliphatic rings. The molecule has 186 valence electrons. The number of nitrogens with one attached hydrogen (secondary N) is 1. The van der Waals surface area contributed by atoms with Crippen molar-refractivity contribution in [3.05, 3.63) is 119 Å². The van der Waals surface area contributed by atoms with Crippen LogP contribution in [0.1, 0.15) is 40.9 Å². The summed E-state index contributed by atoms with van der Waals surface area (Å²) in [6, 6.07) is 31.9. The van der Waals surface area contributed by atoms with Crippen molar-refractivity contribution in [2.45, 2.75) is 19.4 Å². The zero-order chi connectivity index (χ0) is 25.4. The van der Waals surface area contributed by atoms with E-state index in [9.17, 15) is 4.79 Å². The Balaban J connectivity index is 1.49. The lowest BCUT2D eigenvalue weighted by molar-refractivity contribution is 0.0226. The van der Waals surface area contributed by atoms with E-state index in [-0.39, 0.29) is 5.97 Å². The molecule has 37 heavy (non-hydrogen) atoms. The van der Waals surface area contributed by atoms with Crippen LogP contribution in [0.25, 0.3) is 0 Å². The van der Waals surface area contributed by atoms with Crippen LogP contribution >= 0.6 is 0 Å². The second-order valence-corrected chi connectivity index (χ2v) is 10.00. The minimum atomic E-state index is -1.07. The van der Waals surface area contributed by atoms with E-state index in [1.807, 2.05) is 78.9 Å². The molecular formula is C32H30N2O3. The maximum atomic E-state index is 13.3. The monoisotopic (exact) mass is 490 g/mol. The number of carbonyl (C=O) groups is 1. The maximum Gasteiger partial charge on any atom is 0.340 e. The van der Waals surface area contributed by atoms with Crippen molar-refractivity contribution >= 4 is 17.3 Å². The van der Waals surface area contributed by atoms with Crippen molar-refractivity contribution in [2.75, 3.05) is 29.9 Å². The minimum Gasteiger partial charge on any atom is -0.456 e. The van der Waals surface area contributed by atoms with E-state index in [2.05, 4.69) is 42.3 Å². The number of fused-ring (bicyclic) bond motifs is 6. The Kier molecular flexibility index (Phi) is 5.84. The molecule has 2 heterocycles. The Morgan fingerprint density at radius 2 is 1.51 bits per heavy atom. The van der Waals surface area contributed by atoms with E-state index >= 15 is 0 Å². The molecule has 4 aromatic rings. The lowest BCUT2D eigenvalue weighted by Crippen LogP contribution is -2.38. The topological polar surface area (TPSA) is 50.8 Å². The summed E-state index contributed by atoms with van der Waals surface area (Å²) in [5.41, 5.74) is 4.22. The summed E-state index contributed by atoms with van der Waals surface area (Å²) in [4.78, 5) is 15.6. The van der Waals surface area contributed by atoms with Crippen molar-refractivity contribution in [3.63, 3.8) is 0 Å². The van der Waals surface area contributed by atoms with Gasteiger partial charge in [0.1, 0.15) is 11.5 Å². The molecule has 1 unspecified atom stereocenters. The van der Waals surface area contributed by atoms with Gasteiger partial charge < -0.3 is 19.7 Å². The number of para-hydroxylation sites is 2. The number of ether oxygens (including phenoxy) is 2. The SMILES string of the molecule is CC(C)CN(CCNc1ccccc1)c1cccc2c1C1(OC(=O)c3ccccc31)c1ccccc1O2. The molecule has 6 rings (SSSR count). The first-order valence-corrected chi connectivity index (χ1v) is 12.9. The summed E-state index contributed by atoms with van der Waals surface area (Å²) in [7, 11) is 0. The van der Waals surface area contributed by atoms with Crippen LogP contribution in [0.15, 0.2) is 97.1 Å². The van der Waals surface area contributed by atoms with E-state index < -0.39 is 5.60 Å². The van der Waals surface area contributed by atoms with Crippen LogP contribution in [0, 0.1) is 5.92 Å². The molecule has 0 amide bonds. The number of carbonyl (C=O) groups excluding carboxylic acids is 1. The highest BCUT2D eigenvalue weighted by molar-refractivity contribution is 5.97. The van der Waals surface area contributed by atoms with Crippen LogP contribution in [-0.2, 0) is 10.3 Å². The molecule has 2 aliphatic heterocycles. The molecule has 1 atom stereocenters. The van der Waals surface area contributed by atoms with Gasteiger partial charge >= 0.3 is 5.97 Å². The van der Waals surface area contributed by atoms with E-state index in [0.717, 1.165) is 47.7 Å². The molecule has 0 saturated carbocycles. The number of hydrogen-bond acceptors (Lipinski definition) is 5. The lowest BCUT2D eigenvalue weighted by atomic mass is 9.76. The molecule has 0 fully saturated rings. The Morgan fingerprint density at radius 3 is 2.32 bits per heavy atom. The number of anilines is 2. The van der Waals surface area contributed by atoms with E-state index in [1.54, 1.807) is 0 Å². The fourth-order valence-corrected chi connectivity index (χ4v) is 5.57. The van der Waals surface area contributed by atoms with Gasteiger partial charge in [0.05, 0.1) is 11.1 Å². The number of nitrogens with zero attached hydrogens (tertiary/aromatic N) is 1. The zero-order valence-corrected chi connectivity index (χ0v) is 21.1. The van der Waals surface area contributed by atoms with Crippen molar-refractivity contribution < 1.29 is 14.3 Å². The third-order valence-electron chi connectivity index (χ3n) is 7.03. The van der Waals surface area contributed by atoms with Crippen molar-refractivity contribution in [2.24, 2.45) is 5.92 Å². The molecule has 5 heteroatoms.